The van der Waals surface area contributed by atoms with Crippen molar-refractivity contribution in [3.8, 4) is 0 Å². The zero-order valence-electron chi connectivity index (χ0n) is 12.6. The molecular weight excluding hydrogens is 304 g/mol. The average Bonchev–Trinajstić information content (AvgIpc) is 2.55. The molecule has 2 rings (SSSR count). The first kappa shape index (κ1) is 16.9. The van der Waals surface area contributed by atoms with Crippen molar-refractivity contribution in [1.29, 1.82) is 0 Å². The quantitative estimate of drug-likeness (QED) is 0.484. The van der Waals surface area contributed by atoms with Crippen molar-refractivity contribution < 1.29 is 24.4 Å². The Hall–Kier alpha value is -2.48. The molecule has 0 radical (unpaired) electrons. The third-order valence-electron chi connectivity index (χ3n) is 3.75. The molecule has 8 heteroatoms. The second kappa shape index (κ2) is 7.68. The number of piperidine rings is 1. The third kappa shape index (κ3) is 4.49. The van der Waals surface area contributed by atoms with Crippen molar-refractivity contribution in [2.45, 2.75) is 19.3 Å². The minimum atomic E-state index is -1.33. The summed E-state index contributed by atoms with van der Waals surface area (Å²) < 4.78 is 5.09. The summed E-state index contributed by atoms with van der Waals surface area (Å²) in [6.07, 6.45) is 3.43. The lowest BCUT2D eigenvalue weighted by atomic mass is 10.1. The van der Waals surface area contributed by atoms with Gasteiger partial charge in [0.25, 0.3) is 5.69 Å². The third-order valence-corrected chi connectivity index (χ3v) is 3.75. The van der Waals surface area contributed by atoms with Crippen molar-refractivity contribution in [1.82, 2.24) is 4.90 Å². The fourth-order valence-corrected chi connectivity index (χ4v) is 2.53. The van der Waals surface area contributed by atoms with Gasteiger partial charge >= 0.3 is 11.9 Å². The molecule has 0 amide bonds. The summed E-state index contributed by atoms with van der Waals surface area (Å²) in [5.74, 6) is -2.19. The highest BCUT2D eigenvalue weighted by atomic mass is 16.6. The Bertz CT molecular complexity index is 610. The van der Waals surface area contributed by atoms with Crippen LogP contribution in [0.3, 0.4) is 0 Å². The summed E-state index contributed by atoms with van der Waals surface area (Å²) >= 11 is 0. The van der Waals surface area contributed by atoms with Crippen LogP contribution in [0.4, 0.5) is 5.69 Å². The van der Waals surface area contributed by atoms with E-state index in [9.17, 15) is 19.7 Å². The number of esters is 1. The number of hydrogen-bond donors (Lipinski definition) is 1. The Morgan fingerprint density at radius 2 is 1.91 bits per heavy atom. The maximum absolute atomic E-state index is 12.1. The van der Waals surface area contributed by atoms with E-state index in [1.54, 1.807) is 0 Å². The van der Waals surface area contributed by atoms with Gasteiger partial charge in [-0.1, -0.05) is 6.42 Å². The summed E-state index contributed by atoms with van der Waals surface area (Å²) in [5, 5.41) is 19.9. The molecule has 1 fully saturated rings. The first-order chi connectivity index (χ1) is 11.0. The van der Waals surface area contributed by atoms with Crippen molar-refractivity contribution in [3.05, 3.63) is 39.4 Å². The molecule has 0 saturated carbocycles. The number of non-ortho nitro benzene ring substituents is 1. The van der Waals surface area contributed by atoms with Crippen LogP contribution < -0.4 is 0 Å². The number of rotatable bonds is 6. The number of carboxylic acid groups (broad SMARTS) is 1. The van der Waals surface area contributed by atoms with Crippen molar-refractivity contribution in [2.24, 2.45) is 0 Å². The van der Waals surface area contributed by atoms with Gasteiger partial charge in [0, 0.05) is 18.7 Å². The van der Waals surface area contributed by atoms with E-state index in [4.69, 9.17) is 9.84 Å². The topological polar surface area (TPSA) is 110 Å². The molecule has 1 aliphatic rings. The molecule has 1 aromatic rings. The van der Waals surface area contributed by atoms with E-state index in [-0.39, 0.29) is 23.4 Å². The van der Waals surface area contributed by atoms with Crippen molar-refractivity contribution in [3.63, 3.8) is 0 Å². The number of nitrogens with zero attached hydrogens (tertiary/aromatic N) is 2. The van der Waals surface area contributed by atoms with Gasteiger partial charge < -0.3 is 9.84 Å². The maximum Gasteiger partial charge on any atom is 0.339 e. The number of ether oxygens (including phenoxy) is 1. The number of carbonyl (C=O) groups excluding carboxylic acids is 1. The number of carboxylic acids is 1. The van der Waals surface area contributed by atoms with E-state index in [1.165, 1.54) is 6.42 Å². The first-order valence-corrected chi connectivity index (χ1v) is 7.40. The van der Waals surface area contributed by atoms with Gasteiger partial charge in [0.2, 0.25) is 0 Å². The highest BCUT2D eigenvalue weighted by molar-refractivity contribution is 6.03. The summed E-state index contributed by atoms with van der Waals surface area (Å²) in [6, 6.07) is 3.03. The molecule has 23 heavy (non-hydrogen) atoms. The van der Waals surface area contributed by atoms with E-state index in [0.717, 1.165) is 44.1 Å². The molecule has 1 heterocycles. The molecule has 1 N–H and O–H groups in total. The van der Waals surface area contributed by atoms with E-state index in [1.807, 2.05) is 0 Å². The van der Waals surface area contributed by atoms with Crippen LogP contribution in [0.2, 0.25) is 0 Å². The van der Waals surface area contributed by atoms with Crippen LogP contribution >= 0.6 is 0 Å². The Labute approximate surface area is 132 Å². The molecule has 1 saturated heterocycles. The van der Waals surface area contributed by atoms with Crippen LogP contribution in [-0.2, 0) is 4.74 Å². The number of nitro groups is 1. The van der Waals surface area contributed by atoms with Gasteiger partial charge in [0.1, 0.15) is 6.61 Å². The highest BCUT2D eigenvalue weighted by Crippen LogP contribution is 2.19. The monoisotopic (exact) mass is 322 g/mol. The lowest BCUT2D eigenvalue weighted by molar-refractivity contribution is -0.384. The number of likely N-dealkylation sites (tertiary alicyclic amines) is 1. The molecular formula is C15H18N2O6. The summed E-state index contributed by atoms with van der Waals surface area (Å²) in [7, 11) is 0. The molecule has 8 nitrogen and oxygen atoms in total. The van der Waals surface area contributed by atoms with Crippen LogP contribution in [0.15, 0.2) is 18.2 Å². The number of benzene rings is 1. The summed E-state index contributed by atoms with van der Waals surface area (Å²) in [4.78, 5) is 35.5. The van der Waals surface area contributed by atoms with Crippen molar-refractivity contribution in [2.75, 3.05) is 26.2 Å². The molecule has 0 atom stereocenters. The lowest BCUT2D eigenvalue weighted by Crippen LogP contribution is -2.33. The van der Waals surface area contributed by atoms with Gasteiger partial charge in [-0.2, -0.15) is 0 Å². The van der Waals surface area contributed by atoms with Crippen LogP contribution in [0.25, 0.3) is 0 Å². The Kier molecular flexibility index (Phi) is 5.64. The minimum Gasteiger partial charge on any atom is -0.478 e. The molecule has 0 aromatic heterocycles. The Morgan fingerprint density at radius 3 is 2.52 bits per heavy atom. The standard InChI is InChI=1S/C15H18N2O6/c18-14(19)12-5-4-11(17(21)22)10-13(12)15(20)23-9-8-16-6-2-1-3-7-16/h4-5,10H,1-3,6-9H2,(H,18,19). The van der Waals surface area contributed by atoms with Gasteiger partial charge in [-0.15, -0.1) is 0 Å². The zero-order chi connectivity index (χ0) is 16.8. The van der Waals surface area contributed by atoms with Crippen molar-refractivity contribution >= 4 is 17.6 Å². The first-order valence-electron chi connectivity index (χ1n) is 7.40. The summed E-state index contributed by atoms with van der Waals surface area (Å²) in [5.41, 5.74) is -0.957. The van der Waals surface area contributed by atoms with Crippen LogP contribution in [0.1, 0.15) is 40.0 Å². The number of nitro benzene ring substituents is 1. The van der Waals surface area contributed by atoms with E-state index >= 15 is 0 Å². The molecule has 1 aliphatic heterocycles. The molecule has 0 spiro atoms. The average molecular weight is 322 g/mol. The van der Waals surface area contributed by atoms with E-state index in [2.05, 4.69) is 4.90 Å². The number of hydrogen-bond acceptors (Lipinski definition) is 6. The largest absolute Gasteiger partial charge is 0.478 e. The minimum absolute atomic E-state index is 0.126. The second-order valence-corrected chi connectivity index (χ2v) is 5.33. The van der Waals surface area contributed by atoms with Crippen LogP contribution in [0, 0.1) is 10.1 Å². The molecule has 1 aromatic carbocycles. The van der Waals surface area contributed by atoms with Gasteiger partial charge in [-0.05, 0) is 32.0 Å². The maximum atomic E-state index is 12.1. The van der Waals surface area contributed by atoms with Gasteiger partial charge in [0.05, 0.1) is 16.1 Å². The van der Waals surface area contributed by atoms with Gasteiger partial charge in [-0.25, -0.2) is 9.59 Å². The molecule has 0 aliphatic carbocycles. The molecule has 0 bridgehead atoms. The van der Waals surface area contributed by atoms with E-state index in [0.29, 0.717) is 6.54 Å². The van der Waals surface area contributed by atoms with Crippen LogP contribution in [0.5, 0.6) is 0 Å². The smallest absolute Gasteiger partial charge is 0.339 e. The van der Waals surface area contributed by atoms with Crippen LogP contribution in [-0.4, -0.2) is 53.1 Å². The van der Waals surface area contributed by atoms with Gasteiger partial charge in [0.15, 0.2) is 0 Å². The Balaban J connectivity index is 2.03. The number of carbonyl (C=O) groups is 2. The SMILES string of the molecule is O=C(O)c1ccc([N+](=O)[O-])cc1C(=O)OCCN1CCCCC1. The normalized spacial score (nSPS) is 15.1. The Morgan fingerprint density at radius 1 is 1.22 bits per heavy atom. The van der Waals surface area contributed by atoms with Gasteiger partial charge in [-0.3, -0.25) is 15.0 Å². The second-order valence-electron chi connectivity index (χ2n) is 5.33. The summed E-state index contributed by atoms with van der Waals surface area (Å²) in [6.45, 7) is 2.60. The lowest BCUT2D eigenvalue weighted by Gasteiger charge is -2.25. The zero-order valence-corrected chi connectivity index (χ0v) is 12.6. The number of aromatic carboxylic acids is 1. The fourth-order valence-electron chi connectivity index (χ4n) is 2.53. The molecule has 124 valence electrons. The predicted molar refractivity (Wildman–Crippen MR) is 80.6 cm³/mol. The highest BCUT2D eigenvalue weighted by Gasteiger charge is 2.22. The predicted octanol–water partition coefficient (Wildman–Crippen LogP) is 1.94. The fraction of sp³-hybridized carbons (Fsp3) is 0.467. The van der Waals surface area contributed by atoms with E-state index < -0.39 is 16.9 Å². The molecule has 0 unspecified atom stereocenters.